The number of carbonyl (C=O) groups excluding carboxylic acids is 4. The topological polar surface area (TPSA) is 160 Å². The van der Waals surface area contributed by atoms with E-state index in [4.69, 9.17) is 38.0 Å². The highest BCUT2D eigenvalue weighted by molar-refractivity contribution is 9.11. The molecule has 1 aliphatic carbocycles. The molecule has 0 saturated heterocycles. The minimum atomic E-state index is -1.08. The molecule has 3 aliphatic heterocycles. The first kappa shape index (κ1) is 71.7. The lowest BCUT2D eigenvalue weighted by Crippen LogP contribution is -2.30. The first-order valence-corrected chi connectivity index (χ1v) is 34.3. The SMILES string of the molecule is CC(=O)[O-].COC(=O)c1ccc(-c2c3cc(Br)c(=[N+](C)C)cc-3oc3cc(C)c(Br)cc23)cc1.COC(=O)c1ccc(C2(C)c3cc(Br)c(C)cc3Oc3cc(N(C)C)c(Br)cc32)cc1.COC(=O)c1ccc(C2c3cc(Br)c(C)cc3Oc3cc(N(C)C)c(Br)cc32)cc1. The van der Waals surface area contributed by atoms with Crippen LogP contribution in [0.25, 0.3) is 33.4 Å². The van der Waals surface area contributed by atoms with Crippen LogP contribution in [-0.2, 0) is 24.4 Å². The van der Waals surface area contributed by atoms with Gasteiger partial charge in [0.05, 0.1) is 59.9 Å². The van der Waals surface area contributed by atoms with Crippen LogP contribution < -0.4 is 34.3 Å². The normalized spacial score (nSPS) is 13.8. The smallest absolute Gasteiger partial charge is 0.337 e. The van der Waals surface area contributed by atoms with Crippen molar-refractivity contribution in [2.45, 2.75) is 46.0 Å². The molecule has 0 saturated carbocycles. The van der Waals surface area contributed by atoms with Crippen LogP contribution in [0.15, 0.2) is 177 Å². The van der Waals surface area contributed by atoms with Crippen LogP contribution in [0.4, 0.5) is 11.4 Å². The molecule has 0 spiro atoms. The molecule has 4 aliphatic rings. The lowest BCUT2D eigenvalue weighted by atomic mass is 9.69. The van der Waals surface area contributed by atoms with Gasteiger partial charge in [0, 0.05) is 119 Å². The fourth-order valence-electron chi connectivity index (χ4n) is 11.5. The van der Waals surface area contributed by atoms with Crippen molar-refractivity contribution < 1.29 is 52.4 Å². The minimum Gasteiger partial charge on any atom is -0.550 e. The summed E-state index contributed by atoms with van der Waals surface area (Å²) in [5.74, 6) is 1.97. The lowest BCUT2D eigenvalue weighted by molar-refractivity contribution is -0.302. The number of carboxylic acid groups (broad SMARTS) is 1. The molecule has 2 unspecified atom stereocenters. The molecule has 8 aromatic carbocycles. The molecule has 0 bridgehead atoms. The van der Waals surface area contributed by atoms with E-state index in [1.165, 1.54) is 21.3 Å². The van der Waals surface area contributed by atoms with Crippen LogP contribution in [0.3, 0.4) is 0 Å². The van der Waals surface area contributed by atoms with Gasteiger partial charge in [0.2, 0.25) is 5.36 Å². The third-order valence-corrected chi connectivity index (χ3v) is 20.9. The first-order valence-electron chi connectivity index (χ1n) is 29.6. The van der Waals surface area contributed by atoms with Gasteiger partial charge < -0.3 is 47.8 Å². The number of carbonyl (C=O) groups is 4. The average molecular weight is 1670 g/mol. The Morgan fingerprint density at radius 1 is 0.516 bits per heavy atom. The molecule has 12 rings (SSSR count). The van der Waals surface area contributed by atoms with E-state index in [9.17, 15) is 14.4 Å². The van der Waals surface area contributed by atoms with Gasteiger partial charge in [0.25, 0.3) is 0 Å². The van der Waals surface area contributed by atoms with Crippen LogP contribution in [0.5, 0.6) is 23.0 Å². The summed E-state index contributed by atoms with van der Waals surface area (Å²) in [5.41, 5.74) is 16.7. The van der Waals surface area contributed by atoms with Crippen LogP contribution >= 0.6 is 95.6 Å². The molecule has 95 heavy (non-hydrogen) atoms. The number of benzene rings is 9. The molecule has 0 aromatic heterocycles. The standard InChI is InChI=1S/C25H23Br2NO3.C24H21Br2NO3.C24H20Br2NO3.C2H4O2/c1-14-10-22-17(11-19(14)26)25(2,16-8-6-15(7-9-16)24(29)30-5)18-12-20(27)21(28(3)4)13-23(18)31-22;2*1-13-9-21-16(10-18(13)25)23(14-5-7-15(8-6-14)24(28)29-4)17-11-19(26)20(27(2)3)12-22(17)30-21;1-2(3)4/h6-13H,1-5H3;5-12,23H,1-4H3;5-12H,1-4H3;1H3,(H,3,4)/q;;+1;/p-1. The maximum absolute atomic E-state index is 11.9. The highest BCUT2D eigenvalue weighted by Gasteiger charge is 2.41. The van der Waals surface area contributed by atoms with E-state index in [1.807, 2.05) is 127 Å². The first-order chi connectivity index (χ1) is 45.0. The van der Waals surface area contributed by atoms with E-state index in [0.29, 0.717) is 16.7 Å². The Kier molecular flexibility index (Phi) is 22.5. The molecule has 8 aromatic rings. The summed E-state index contributed by atoms with van der Waals surface area (Å²) in [6, 6.07) is 47.7. The maximum Gasteiger partial charge on any atom is 0.337 e. The number of halogens is 6. The number of hydrogen-bond acceptors (Lipinski definition) is 13. The van der Waals surface area contributed by atoms with Crippen molar-refractivity contribution in [1.82, 2.24) is 4.58 Å². The number of esters is 3. The number of rotatable bonds is 8. The Balaban J connectivity index is 0.000000163. The van der Waals surface area contributed by atoms with Gasteiger partial charge in [0.1, 0.15) is 48.4 Å². The Bertz CT molecular complexity index is 4700. The number of aryl methyl sites for hydroxylation is 3. The van der Waals surface area contributed by atoms with E-state index >= 15 is 0 Å². The van der Waals surface area contributed by atoms with Gasteiger partial charge in [0.15, 0.2) is 0 Å². The van der Waals surface area contributed by atoms with Crippen LogP contribution in [0.2, 0.25) is 0 Å². The Morgan fingerprint density at radius 2 is 0.926 bits per heavy atom. The minimum absolute atomic E-state index is 0.0279. The van der Waals surface area contributed by atoms with Gasteiger partial charge in [-0.05, 0) is 207 Å². The molecule has 20 heteroatoms. The van der Waals surface area contributed by atoms with Crippen molar-refractivity contribution >= 4 is 142 Å². The summed E-state index contributed by atoms with van der Waals surface area (Å²) < 4.78 is 41.7. The number of methoxy groups -OCH3 is 3. The Morgan fingerprint density at radius 3 is 1.44 bits per heavy atom. The fourth-order valence-corrected chi connectivity index (χ4v) is 14.6. The zero-order valence-corrected chi connectivity index (χ0v) is 64.0. The highest BCUT2D eigenvalue weighted by Crippen LogP contribution is 2.55. The van der Waals surface area contributed by atoms with Gasteiger partial charge >= 0.3 is 17.9 Å². The number of hydrogen-bond donors (Lipinski definition) is 0. The van der Waals surface area contributed by atoms with E-state index in [-0.39, 0.29) is 23.8 Å². The molecule has 490 valence electrons. The van der Waals surface area contributed by atoms with Gasteiger partial charge in [-0.1, -0.05) is 84.2 Å². The predicted octanol–water partition coefficient (Wildman–Crippen LogP) is 18.1. The van der Waals surface area contributed by atoms with E-state index in [1.54, 1.807) is 12.1 Å². The number of carboxylic acids is 1. The summed E-state index contributed by atoms with van der Waals surface area (Å²) in [5, 5.41) is 10.9. The second-order valence-electron chi connectivity index (χ2n) is 23.4. The van der Waals surface area contributed by atoms with Gasteiger partial charge in [-0.25, -0.2) is 19.0 Å². The number of fused-ring (bicyclic) bond motifs is 6. The van der Waals surface area contributed by atoms with Gasteiger partial charge in [-0.15, -0.1) is 0 Å². The number of ether oxygens (including phenoxy) is 5. The summed E-state index contributed by atoms with van der Waals surface area (Å²) in [6.45, 7) is 9.32. The molecule has 0 N–H and O–H groups in total. The lowest BCUT2D eigenvalue weighted by Gasteiger charge is -2.39. The van der Waals surface area contributed by atoms with Crippen LogP contribution in [0, 0.1) is 20.8 Å². The summed E-state index contributed by atoms with van der Waals surface area (Å²) in [4.78, 5) is 48.7. The zero-order valence-electron chi connectivity index (χ0n) is 54.5. The van der Waals surface area contributed by atoms with Crippen molar-refractivity contribution in [1.29, 1.82) is 0 Å². The Hall–Kier alpha value is -7.59. The molecular formula is C75H67Br6N3O11. The van der Waals surface area contributed by atoms with Crippen molar-refractivity contribution in [2.75, 3.05) is 73.4 Å². The predicted molar refractivity (Wildman–Crippen MR) is 394 cm³/mol. The molecule has 0 amide bonds. The Labute approximate surface area is 602 Å². The second-order valence-corrected chi connectivity index (χ2v) is 28.6. The highest BCUT2D eigenvalue weighted by atomic mass is 79.9. The van der Waals surface area contributed by atoms with Crippen LogP contribution in [0.1, 0.15) is 101 Å². The van der Waals surface area contributed by atoms with E-state index in [2.05, 4.69) is 187 Å². The van der Waals surface area contributed by atoms with Crippen LogP contribution in [-0.4, -0.2) is 87.5 Å². The average Bonchev–Trinajstić information content (AvgIpc) is 0.732. The second kappa shape index (κ2) is 29.8. The third kappa shape index (κ3) is 15.0. The van der Waals surface area contributed by atoms with Crippen molar-refractivity contribution in [3.05, 3.63) is 245 Å². The monoisotopic (exact) mass is 1660 g/mol. The van der Waals surface area contributed by atoms with Crippen molar-refractivity contribution in [2.24, 2.45) is 0 Å². The summed E-state index contributed by atoms with van der Waals surface area (Å²) in [7, 11) is 16.2. The number of nitrogens with zero attached hydrogens (tertiary/aromatic N) is 3. The molecular weight excluding hydrogens is 1600 g/mol. The molecule has 2 atom stereocenters. The summed E-state index contributed by atoms with van der Waals surface area (Å²) in [6.07, 6.45) is 0. The molecule has 0 fully saturated rings. The zero-order chi connectivity index (χ0) is 69.2. The van der Waals surface area contributed by atoms with E-state index < -0.39 is 11.4 Å². The molecule has 14 nitrogen and oxygen atoms in total. The fraction of sp³-hybridized carbons (Fsp3) is 0.213. The van der Waals surface area contributed by atoms with Crippen molar-refractivity contribution in [3.8, 4) is 45.4 Å². The summed E-state index contributed by atoms with van der Waals surface area (Å²) >= 11 is 22.2. The van der Waals surface area contributed by atoms with Crippen molar-refractivity contribution in [3.63, 3.8) is 0 Å². The molecule has 3 heterocycles. The van der Waals surface area contributed by atoms with E-state index in [0.717, 1.165) is 157 Å². The quantitative estimate of drug-likeness (QED) is 0.0612. The third-order valence-electron chi connectivity index (χ3n) is 16.5. The maximum atomic E-state index is 11.9. The van der Waals surface area contributed by atoms with Gasteiger partial charge in [-0.2, -0.15) is 0 Å². The number of aliphatic carboxylic acids is 1. The molecule has 0 radical (unpaired) electrons. The van der Waals surface area contributed by atoms with Gasteiger partial charge in [-0.3, -0.25) is 0 Å². The number of anilines is 2. The largest absolute Gasteiger partial charge is 0.550 e.